The first kappa shape index (κ1) is 20.8. The Bertz CT molecular complexity index is 1030. The van der Waals surface area contributed by atoms with Crippen LogP contribution in [0.4, 0.5) is 5.69 Å². The fraction of sp³-hybridized carbons (Fsp3) is 0.353. The summed E-state index contributed by atoms with van der Waals surface area (Å²) in [5, 5.41) is 6.14. The number of hydrogen-bond acceptors (Lipinski definition) is 5. The summed E-state index contributed by atoms with van der Waals surface area (Å²) >= 11 is 11.5. The topological polar surface area (TPSA) is 101 Å². The van der Waals surface area contributed by atoms with Gasteiger partial charge in [0.15, 0.2) is 0 Å². The van der Waals surface area contributed by atoms with Gasteiger partial charge in [0, 0.05) is 18.8 Å². The molecule has 0 unspecified atom stereocenters. The molecule has 3 rings (SSSR count). The Morgan fingerprint density at radius 2 is 1.75 bits per heavy atom. The molecule has 11 heteroatoms. The summed E-state index contributed by atoms with van der Waals surface area (Å²) < 4.78 is 27.6. The van der Waals surface area contributed by atoms with Gasteiger partial charge in [-0.2, -0.15) is 9.40 Å². The van der Waals surface area contributed by atoms with Gasteiger partial charge in [-0.15, -0.1) is 0 Å². The zero-order chi connectivity index (χ0) is 20.3. The lowest BCUT2D eigenvalue weighted by molar-refractivity contribution is -0.117. The molecule has 2 aromatic rings. The molecule has 150 valence electrons. The van der Waals surface area contributed by atoms with Crippen molar-refractivity contribution in [3.8, 4) is 0 Å². The van der Waals surface area contributed by atoms with Gasteiger partial charge >= 0.3 is 0 Å². The van der Waals surface area contributed by atoms with Crippen molar-refractivity contribution in [1.82, 2.24) is 14.1 Å². The number of carbonyl (C=O) groups excluding carboxylic acids is 1. The lowest BCUT2D eigenvalue weighted by atomic mass is 10.2. The summed E-state index contributed by atoms with van der Waals surface area (Å²) in [7, 11) is -3.53. The lowest BCUT2D eigenvalue weighted by Gasteiger charge is -2.25. The third-order valence-corrected chi connectivity index (χ3v) is 6.99. The number of amides is 1. The summed E-state index contributed by atoms with van der Waals surface area (Å²) in [6.07, 6.45) is 3.93. The normalized spacial score (nSPS) is 15.4. The number of aromatic nitrogens is 2. The number of sulfonamides is 1. The van der Waals surface area contributed by atoms with Crippen molar-refractivity contribution in [1.29, 1.82) is 0 Å². The number of nitrogens with one attached hydrogen (secondary N) is 1. The fourth-order valence-electron chi connectivity index (χ4n) is 2.86. The molecule has 2 heterocycles. The second-order valence-corrected chi connectivity index (χ2v) is 9.03. The van der Waals surface area contributed by atoms with Gasteiger partial charge < -0.3 is 5.32 Å². The van der Waals surface area contributed by atoms with Crippen LogP contribution in [-0.4, -0.2) is 41.5 Å². The fourth-order valence-corrected chi connectivity index (χ4v) is 4.65. The Hall–Kier alpha value is -1.94. The average Bonchev–Trinajstić information content (AvgIpc) is 2.69. The SMILES string of the molecule is O=C(Cn1ncc(Cl)c(Cl)c1=O)Nc1ccc(S(=O)(=O)N2CCCCC2)cc1. The summed E-state index contributed by atoms with van der Waals surface area (Å²) in [4.78, 5) is 24.2. The molecule has 1 saturated heterocycles. The molecule has 8 nitrogen and oxygen atoms in total. The third kappa shape index (κ3) is 4.54. The van der Waals surface area contributed by atoms with Crippen LogP contribution in [0.2, 0.25) is 10.0 Å². The van der Waals surface area contributed by atoms with Gasteiger partial charge in [-0.25, -0.2) is 13.1 Å². The van der Waals surface area contributed by atoms with E-state index in [0.29, 0.717) is 18.8 Å². The maximum Gasteiger partial charge on any atom is 0.287 e. The van der Waals surface area contributed by atoms with E-state index in [1.165, 1.54) is 34.8 Å². The molecule has 1 fully saturated rings. The molecule has 1 aromatic carbocycles. The second kappa shape index (κ2) is 8.60. The van der Waals surface area contributed by atoms with E-state index in [4.69, 9.17) is 23.2 Å². The minimum absolute atomic E-state index is 0.00817. The average molecular weight is 445 g/mol. The van der Waals surface area contributed by atoms with E-state index < -0.39 is 21.5 Å². The summed E-state index contributed by atoms with van der Waals surface area (Å²) in [5.41, 5.74) is -0.275. The van der Waals surface area contributed by atoms with Crippen LogP contribution in [-0.2, 0) is 21.4 Å². The summed E-state index contributed by atoms with van der Waals surface area (Å²) in [6.45, 7) is 0.683. The Labute approximate surface area is 172 Å². The van der Waals surface area contributed by atoms with E-state index in [1.807, 2.05) is 0 Å². The van der Waals surface area contributed by atoms with Crippen LogP contribution in [0.25, 0.3) is 0 Å². The Morgan fingerprint density at radius 1 is 1.11 bits per heavy atom. The summed E-state index contributed by atoms with van der Waals surface area (Å²) in [6, 6.07) is 5.89. The van der Waals surface area contributed by atoms with Gasteiger partial charge in [-0.3, -0.25) is 9.59 Å². The van der Waals surface area contributed by atoms with E-state index in [1.54, 1.807) is 0 Å². The largest absolute Gasteiger partial charge is 0.324 e. The maximum atomic E-state index is 12.6. The molecule has 0 aliphatic carbocycles. The molecule has 0 atom stereocenters. The highest BCUT2D eigenvalue weighted by atomic mass is 35.5. The summed E-state index contributed by atoms with van der Waals surface area (Å²) in [5.74, 6) is -0.514. The van der Waals surface area contributed by atoms with Gasteiger partial charge in [-0.1, -0.05) is 29.6 Å². The van der Waals surface area contributed by atoms with Crippen LogP contribution in [0.15, 0.2) is 40.2 Å². The minimum atomic E-state index is -3.53. The highest BCUT2D eigenvalue weighted by Crippen LogP contribution is 2.22. The molecule has 0 spiro atoms. The van der Waals surface area contributed by atoms with E-state index in [9.17, 15) is 18.0 Å². The van der Waals surface area contributed by atoms with Crippen LogP contribution in [0.1, 0.15) is 19.3 Å². The van der Waals surface area contributed by atoms with Crippen LogP contribution >= 0.6 is 23.2 Å². The molecule has 1 amide bonds. The van der Waals surface area contributed by atoms with Crippen molar-refractivity contribution in [2.45, 2.75) is 30.7 Å². The molecule has 1 aliphatic rings. The zero-order valence-corrected chi connectivity index (χ0v) is 17.1. The third-order valence-electron chi connectivity index (χ3n) is 4.33. The Morgan fingerprint density at radius 3 is 2.39 bits per heavy atom. The van der Waals surface area contributed by atoms with E-state index in [0.717, 1.165) is 23.9 Å². The molecule has 1 N–H and O–H groups in total. The van der Waals surface area contributed by atoms with Crippen molar-refractivity contribution in [3.63, 3.8) is 0 Å². The number of benzene rings is 1. The molecule has 28 heavy (non-hydrogen) atoms. The predicted octanol–water partition coefficient (Wildman–Crippen LogP) is 2.36. The molecule has 1 aliphatic heterocycles. The monoisotopic (exact) mass is 444 g/mol. The van der Waals surface area contributed by atoms with Gasteiger partial charge in [-0.05, 0) is 37.1 Å². The smallest absolute Gasteiger partial charge is 0.287 e. The number of piperidine rings is 1. The first-order valence-corrected chi connectivity index (χ1v) is 10.8. The van der Waals surface area contributed by atoms with Gasteiger partial charge in [0.25, 0.3) is 5.56 Å². The number of nitrogens with zero attached hydrogens (tertiary/aromatic N) is 3. The van der Waals surface area contributed by atoms with E-state index >= 15 is 0 Å². The standard InChI is InChI=1S/C17H18Cl2N4O4S/c18-14-10-20-23(17(25)16(14)19)11-15(24)21-12-4-6-13(7-5-12)28(26,27)22-8-2-1-3-9-22/h4-7,10H,1-3,8-9,11H2,(H,21,24). The van der Waals surface area contributed by atoms with Crippen molar-refractivity contribution >= 4 is 44.8 Å². The van der Waals surface area contributed by atoms with Crippen LogP contribution in [0.5, 0.6) is 0 Å². The first-order chi connectivity index (χ1) is 13.3. The van der Waals surface area contributed by atoms with Crippen LogP contribution in [0.3, 0.4) is 0 Å². The van der Waals surface area contributed by atoms with Crippen molar-refractivity contribution in [3.05, 3.63) is 50.9 Å². The minimum Gasteiger partial charge on any atom is -0.324 e. The van der Waals surface area contributed by atoms with Crippen molar-refractivity contribution in [2.75, 3.05) is 18.4 Å². The van der Waals surface area contributed by atoms with E-state index in [-0.39, 0.29) is 21.5 Å². The van der Waals surface area contributed by atoms with Crippen LogP contribution in [0, 0.1) is 0 Å². The van der Waals surface area contributed by atoms with E-state index in [2.05, 4.69) is 10.4 Å². The van der Waals surface area contributed by atoms with Gasteiger partial charge in [0.1, 0.15) is 11.6 Å². The molecule has 0 bridgehead atoms. The molecular formula is C17H18Cl2N4O4S. The van der Waals surface area contributed by atoms with Crippen LogP contribution < -0.4 is 10.9 Å². The van der Waals surface area contributed by atoms with Crippen molar-refractivity contribution < 1.29 is 13.2 Å². The number of carbonyl (C=O) groups is 1. The zero-order valence-electron chi connectivity index (χ0n) is 14.8. The number of rotatable bonds is 5. The van der Waals surface area contributed by atoms with Gasteiger partial charge in [0.2, 0.25) is 15.9 Å². The molecule has 0 saturated carbocycles. The van der Waals surface area contributed by atoms with Gasteiger partial charge in [0.05, 0.1) is 16.1 Å². The quantitative estimate of drug-likeness (QED) is 0.762. The molecule has 1 aromatic heterocycles. The second-order valence-electron chi connectivity index (χ2n) is 6.31. The Balaban J connectivity index is 1.68. The number of halogens is 2. The molecular weight excluding hydrogens is 427 g/mol. The van der Waals surface area contributed by atoms with Crippen molar-refractivity contribution in [2.24, 2.45) is 0 Å². The Kier molecular flexibility index (Phi) is 6.39. The highest BCUT2D eigenvalue weighted by molar-refractivity contribution is 7.89. The number of hydrogen-bond donors (Lipinski definition) is 1. The molecule has 0 radical (unpaired) electrons. The number of anilines is 1. The predicted molar refractivity (Wildman–Crippen MR) is 106 cm³/mol. The first-order valence-electron chi connectivity index (χ1n) is 8.60. The lowest BCUT2D eigenvalue weighted by Crippen LogP contribution is -2.35. The maximum absolute atomic E-state index is 12.6. The highest BCUT2D eigenvalue weighted by Gasteiger charge is 2.25.